The lowest BCUT2D eigenvalue weighted by Crippen LogP contribution is -2.28. The lowest BCUT2D eigenvalue weighted by atomic mass is 9.95. The third-order valence-corrected chi connectivity index (χ3v) is 4.15. The molecule has 0 aromatic heterocycles. The number of aryl methyl sites for hydroxylation is 1. The van der Waals surface area contributed by atoms with Crippen LogP contribution in [0.15, 0.2) is 36.4 Å². The Morgan fingerprint density at radius 2 is 1.76 bits per heavy atom. The molecular weight excluding hydrogens is 316 g/mol. The van der Waals surface area contributed by atoms with Gasteiger partial charge in [-0.15, -0.1) is 0 Å². The Bertz CT molecular complexity index is 866. The van der Waals surface area contributed by atoms with Crippen molar-refractivity contribution in [1.29, 1.82) is 0 Å². The van der Waals surface area contributed by atoms with Gasteiger partial charge in [-0.2, -0.15) is 0 Å². The third kappa shape index (κ3) is 3.22. The molecule has 0 unspecified atom stereocenters. The number of amides is 2. The van der Waals surface area contributed by atoms with Crippen LogP contribution >= 0.6 is 0 Å². The zero-order valence-corrected chi connectivity index (χ0v) is 15.1. The van der Waals surface area contributed by atoms with E-state index >= 15 is 0 Å². The summed E-state index contributed by atoms with van der Waals surface area (Å²) in [5, 5.41) is 2.85. The minimum absolute atomic E-state index is 0.110. The normalized spacial score (nSPS) is 13.5. The molecule has 1 heterocycles. The molecule has 0 saturated heterocycles. The second-order valence-corrected chi connectivity index (χ2v) is 7.35. The molecule has 0 atom stereocenters. The van der Waals surface area contributed by atoms with Gasteiger partial charge >= 0.3 is 0 Å². The van der Waals surface area contributed by atoms with Gasteiger partial charge < -0.3 is 15.0 Å². The molecule has 2 amide bonds. The number of anilines is 2. The molecule has 0 spiro atoms. The van der Waals surface area contributed by atoms with Gasteiger partial charge in [0.2, 0.25) is 5.91 Å². The number of nitrogens with zero attached hydrogens (tertiary/aromatic N) is 1. The van der Waals surface area contributed by atoms with E-state index in [1.807, 2.05) is 45.9 Å². The number of carbonyl (C=O) groups excluding carboxylic acids is 2. The predicted molar refractivity (Wildman–Crippen MR) is 98.5 cm³/mol. The number of hydrogen-bond donors (Lipinski definition) is 1. The highest BCUT2D eigenvalue weighted by molar-refractivity contribution is 6.10. The minimum atomic E-state index is -0.516. The van der Waals surface area contributed by atoms with Crippen molar-refractivity contribution >= 4 is 23.2 Å². The van der Waals surface area contributed by atoms with E-state index in [1.165, 1.54) is 0 Å². The van der Waals surface area contributed by atoms with Crippen LogP contribution in [0.25, 0.3) is 0 Å². The minimum Gasteiger partial charge on any atom is -0.454 e. The van der Waals surface area contributed by atoms with Crippen molar-refractivity contribution in [2.45, 2.75) is 27.7 Å². The number of rotatable bonds is 1. The molecular formula is C20H22N2O3. The van der Waals surface area contributed by atoms with E-state index in [9.17, 15) is 9.59 Å². The average Bonchev–Trinajstić information content (AvgIpc) is 2.64. The lowest BCUT2D eigenvalue weighted by molar-refractivity contribution is -0.123. The molecule has 2 aromatic carbocycles. The van der Waals surface area contributed by atoms with Crippen molar-refractivity contribution < 1.29 is 14.3 Å². The first kappa shape index (κ1) is 17.0. The summed E-state index contributed by atoms with van der Waals surface area (Å²) >= 11 is 0. The van der Waals surface area contributed by atoms with E-state index < -0.39 is 5.41 Å². The average molecular weight is 338 g/mol. The molecule has 0 fully saturated rings. The third-order valence-electron chi connectivity index (χ3n) is 4.15. The quantitative estimate of drug-likeness (QED) is 0.840. The Hall–Kier alpha value is -2.82. The Morgan fingerprint density at radius 1 is 1.08 bits per heavy atom. The second-order valence-electron chi connectivity index (χ2n) is 7.35. The highest BCUT2D eigenvalue weighted by Gasteiger charge is 2.27. The number of benzene rings is 2. The van der Waals surface area contributed by atoms with E-state index in [-0.39, 0.29) is 11.8 Å². The molecule has 25 heavy (non-hydrogen) atoms. The molecule has 0 aliphatic carbocycles. The number of ether oxygens (including phenoxy) is 1. The van der Waals surface area contributed by atoms with Gasteiger partial charge in [0.1, 0.15) is 5.75 Å². The van der Waals surface area contributed by atoms with Crippen LogP contribution in [0.5, 0.6) is 11.5 Å². The number of fused-ring (bicyclic) bond motifs is 2. The summed E-state index contributed by atoms with van der Waals surface area (Å²) in [6, 6.07) is 10.8. The molecule has 0 saturated carbocycles. The maximum absolute atomic E-state index is 12.9. The Labute approximate surface area is 147 Å². The smallest absolute Gasteiger partial charge is 0.261 e. The first-order valence-corrected chi connectivity index (χ1v) is 8.19. The van der Waals surface area contributed by atoms with Gasteiger partial charge in [-0.1, -0.05) is 26.8 Å². The molecule has 0 radical (unpaired) electrons. The highest BCUT2D eigenvalue weighted by Crippen LogP contribution is 2.39. The summed E-state index contributed by atoms with van der Waals surface area (Å²) in [5.74, 6) is 0.827. The van der Waals surface area contributed by atoms with Gasteiger partial charge in [-0.3, -0.25) is 9.59 Å². The SMILES string of the molecule is Cc1ccc2c(c1)N(C)C(=O)c1cc(NC(=O)C(C)(C)C)ccc1O2. The molecule has 0 bridgehead atoms. The van der Waals surface area contributed by atoms with Gasteiger partial charge in [-0.05, 0) is 42.8 Å². The summed E-state index contributed by atoms with van der Waals surface area (Å²) in [6.45, 7) is 7.49. The van der Waals surface area contributed by atoms with Gasteiger partial charge in [0.15, 0.2) is 5.75 Å². The molecule has 1 aliphatic rings. The summed E-state index contributed by atoms with van der Waals surface area (Å²) in [5.41, 5.74) is 2.25. The van der Waals surface area contributed by atoms with E-state index in [1.54, 1.807) is 30.1 Å². The summed E-state index contributed by atoms with van der Waals surface area (Å²) < 4.78 is 5.95. The van der Waals surface area contributed by atoms with Crippen LogP contribution < -0.4 is 15.0 Å². The highest BCUT2D eigenvalue weighted by atomic mass is 16.5. The standard InChI is InChI=1S/C20H22N2O3/c1-12-6-8-17-15(10-12)22(5)18(23)14-11-13(7-9-16(14)25-17)21-19(24)20(2,3)4/h6-11H,1-5H3,(H,21,24). The van der Waals surface area contributed by atoms with Crippen LogP contribution in [-0.2, 0) is 4.79 Å². The molecule has 5 nitrogen and oxygen atoms in total. The zero-order valence-electron chi connectivity index (χ0n) is 15.1. The fourth-order valence-corrected chi connectivity index (χ4v) is 2.57. The van der Waals surface area contributed by atoms with Crippen molar-refractivity contribution in [3.63, 3.8) is 0 Å². The zero-order chi connectivity index (χ0) is 18.4. The Kier molecular flexibility index (Phi) is 4.03. The van der Waals surface area contributed by atoms with E-state index in [0.717, 1.165) is 11.3 Å². The van der Waals surface area contributed by atoms with Crippen molar-refractivity contribution in [2.24, 2.45) is 5.41 Å². The van der Waals surface area contributed by atoms with Gasteiger partial charge in [-0.25, -0.2) is 0 Å². The topological polar surface area (TPSA) is 58.6 Å². The van der Waals surface area contributed by atoms with Gasteiger partial charge in [0.05, 0.1) is 11.3 Å². The summed E-state index contributed by atoms with van der Waals surface area (Å²) in [4.78, 5) is 26.6. The summed E-state index contributed by atoms with van der Waals surface area (Å²) in [6.07, 6.45) is 0. The van der Waals surface area contributed by atoms with Crippen molar-refractivity contribution in [3.05, 3.63) is 47.5 Å². The van der Waals surface area contributed by atoms with E-state index in [0.29, 0.717) is 22.7 Å². The van der Waals surface area contributed by atoms with Gasteiger partial charge in [0, 0.05) is 18.2 Å². The van der Waals surface area contributed by atoms with Crippen molar-refractivity contribution in [1.82, 2.24) is 0 Å². The predicted octanol–water partition coefficient (Wildman–Crippen LogP) is 4.36. The van der Waals surface area contributed by atoms with E-state index in [4.69, 9.17) is 4.74 Å². The monoisotopic (exact) mass is 338 g/mol. The largest absolute Gasteiger partial charge is 0.454 e. The molecule has 1 aliphatic heterocycles. The molecule has 2 aromatic rings. The molecule has 130 valence electrons. The first-order valence-electron chi connectivity index (χ1n) is 8.19. The maximum atomic E-state index is 12.9. The summed E-state index contributed by atoms with van der Waals surface area (Å²) in [7, 11) is 1.72. The number of hydrogen-bond acceptors (Lipinski definition) is 3. The molecule has 3 rings (SSSR count). The van der Waals surface area contributed by atoms with Crippen molar-refractivity contribution in [2.75, 3.05) is 17.3 Å². The first-order chi connectivity index (χ1) is 11.7. The fraction of sp³-hybridized carbons (Fsp3) is 0.300. The van der Waals surface area contributed by atoms with E-state index in [2.05, 4.69) is 5.32 Å². The lowest BCUT2D eigenvalue weighted by Gasteiger charge is -2.19. The Morgan fingerprint density at radius 3 is 2.44 bits per heavy atom. The maximum Gasteiger partial charge on any atom is 0.261 e. The van der Waals surface area contributed by atoms with Crippen LogP contribution in [0, 0.1) is 12.3 Å². The number of carbonyl (C=O) groups is 2. The number of nitrogens with one attached hydrogen (secondary N) is 1. The molecule has 5 heteroatoms. The van der Waals surface area contributed by atoms with Crippen LogP contribution in [0.4, 0.5) is 11.4 Å². The van der Waals surface area contributed by atoms with Crippen LogP contribution in [-0.4, -0.2) is 18.9 Å². The van der Waals surface area contributed by atoms with Gasteiger partial charge in [0.25, 0.3) is 5.91 Å². The molecule has 1 N–H and O–H groups in total. The Balaban J connectivity index is 2.00. The second kappa shape index (κ2) is 5.92. The van der Waals surface area contributed by atoms with Crippen molar-refractivity contribution in [3.8, 4) is 11.5 Å². The van der Waals surface area contributed by atoms with Crippen LogP contribution in [0.2, 0.25) is 0 Å². The van der Waals surface area contributed by atoms with Crippen LogP contribution in [0.1, 0.15) is 36.7 Å². The van der Waals surface area contributed by atoms with Crippen LogP contribution in [0.3, 0.4) is 0 Å². The fourth-order valence-electron chi connectivity index (χ4n) is 2.57.